The first-order valence-electron chi connectivity index (χ1n) is 11.7. The van der Waals surface area contributed by atoms with Gasteiger partial charge in [0, 0.05) is 5.41 Å². The highest BCUT2D eigenvalue weighted by Gasteiger charge is 2.45. The van der Waals surface area contributed by atoms with Gasteiger partial charge in [0.25, 0.3) is 0 Å². The summed E-state index contributed by atoms with van der Waals surface area (Å²) in [4.78, 5) is 0.354. The van der Waals surface area contributed by atoms with Crippen LogP contribution in [0.2, 0.25) is 0 Å². The highest BCUT2D eigenvalue weighted by Crippen LogP contribution is 2.54. The average molecular weight is 479 g/mol. The molecule has 2 unspecified atom stereocenters. The lowest BCUT2D eigenvalue weighted by atomic mass is 9.71. The smallest absolute Gasteiger partial charge is 0.186 e. The topological polar surface area (TPSA) is 55.8 Å². The van der Waals surface area contributed by atoms with Crippen molar-refractivity contribution in [2.75, 3.05) is 0 Å². The van der Waals surface area contributed by atoms with Crippen molar-refractivity contribution in [3.63, 3.8) is 0 Å². The lowest BCUT2D eigenvalue weighted by Crippen LogP contribution is -2.26. The Morgan fingerprint density at radius 3 is 1.65 bits per heavy atom. The predicted molar refractivity (Wildman–Crippen MR) is 137 cm³/mol. The van der Waals surface area contributed by atoms with Crippen LogP contribution in [0.15, 0.2) is 77.7 Å². The maximum absolute atomic E-state index is 11.2. The molecule has 0 amide bonds. The van der Waals surface area contributed by atoms with Crippen molar-refractivity contribution in [3.05, 3.63) is 83.9 Å². The van der Waals surface area contributed by atoms with Crippen molar-refractivity contribution in [2.45, 2.75) is 69.8 Å². The van der Waals surface area contributed by atoms with Gasteiger partial charge in [0.15, 0.2) is 11.1 Å². The van der Waals surface area contributed by atoms with Gasteiger partial charge in [0.1, 0.15) is 22.8 Å². The molecule has 1 fully saturated rings. The maximum Gasteiger partial charge on any atom is 0.186 e. The van der Waals surface area contributed by atoms with Crippen LogP contribution in [0.1, 0.15) is 65.0 Å². The monoisotopic (exact) mass is 478 g/mol. The van der Waals surface area contributed by atoms with E-state index < -0.39 is 11.1 Å². The molecule has 1 saturated carbocycles. The summed E-state index contributed by atoms with van der Waals surface area (Å²) in [7, 11) is 0. The van der Waals surface area contributed by atoms with Crippen LogP contribution < -0.4 is 9.47 Å². The first kappa shape index (κ1) is 24.5. The molecule has 5 heteroatoms. The van der Waals surface area contributed by atoms with Gasteiger partial charge in [-0.15, -0.1) is 0 Å². The Kier molecular flexibility index (Phi) is 6.63. The second-order valence-corrected chi connectivity index (χ2v) is 12.0. The van der Waals surface area contributed by atoms with Gasteiger partial charge in [-0.3, -0.25) is 0 Å². The Labute approximate surface area is 205 Å². The van der Waals surface area contributed by atoms with Crippen LogP contribution in [0.5, 0.6) is 17.2 Å². The molecule has 0 aromatic heterocycles. The lowest BCUT2D eigenvalue weighted by Gasteiger charge is -2.33. The minimum Gasteiger partial charge on any atom is -0.488 e. The minimum atomic E-state index is -1.99. The van der Waals surface area contributed by atoms with E-state index in [4.69, 9.17) is 9.47 Å². The summed E-state index contributed by atoms with van der Waals surface area (Å²) in [6.07, 6.45) is 3.35. The molecule has 1 aliphatic carbocycles. The first-order chi connectivity index (χ1) is 16.0. The molecule has 4 rings (SSSR count). The Hall–Kier alpha value is -2.63. The van der Waals surface area contributed by atoms with Crippen LogP contribution in [0.3, 0.4) is 0 Å². The van der Waals surface area contributed by atoms with Crippen LogP contribution in [-0.4, -0.2) is 14.4 Å². The zero-order valence-corrected chi connectivity index (χ0v) is 21.4. The molecule has 2 atom stereocenters. The number of hydrogen-bond donors (Lipinski definition) is 1. The Morgan fingerprint density at radius 1 is 0.765 bits per heavy atom. The summed E-state index contributed by atoms with van der Waals surface area (Å²) in [5, 5.41) is 0. The molecule has 3 aromatic carbocycles. The summed E-state index contributed by atoms with van der Waals surface area (Å²) in [6, 6.07) is 23.6. The van der Waals surface area contributed by atoms with E-state index in [1.807, 2.05) is 12.1 Å². The Bertz CT molecular complexity index is 1140. The van der Waals surface area contributed by atoms with Gasteiger partial charge >= 0.3 is 0 Å². The highest BCUT2D eigenvalue weighted by molar-refractivity contribution is 7.79. The zero-order chi connectivity index (χ0) is 24.6. The van der Waals surface area contributed by atoms with E-state index in [1.165, 1.54) is 17.5 Å². The van der Waals surface area contributed by atoms with Gasteiger partial charge < -0.3 is 14.0 Å². The van der Waals surface area contributed by atoms with Gasteiger partial charge in [0.05, 0.1) is 4.90 Å². The van der Waals surface area contributed by atoms with Crippen LogP contribution >= 0.6 is 0 Å². The summed E-state index contributed by atoms with van der Waals surface area (Å²) in [6.45, 7) is 10.9. The van der Waals surface area contributed by atoms with Gasteiger partial charge in [-0.1, -0.05) is 38.1 Å². The standard InChI is InChI=1S/C29H34O4S/c1-27(2,3)33-25-12-8-22(9-13-25)29(19-18-28(4,5)20-29)21-6-10-23(11-7-21)32-24-14-16-26(17-15-24)34(30)31/h6-17H,18-20H2,1-5H3,(H,30,31). The normalized spacial score (nSPS) is 20.6. The molecular formula is C29H34O4S. The summed E-state index contributed by atoms with van der Waals surface area (Å²) in [5.74, 6) is 2.26. The third kappa shape index (κ3) is 5.53. The van der Waals surface area contributed by atoms with Gasteiger partial charge in [-0.05, 0) is 105 Å². The van der Waals surface area contributed by atoms with Crippen LogP contribution in [0.4, 0.5) is 0 Å². The highest BCUT2D eigenvalue weighted by atomic mass is 32.2. The van der Waals surface area contributed by atoms with E-state index in [0.29, 0.717) is 10.6 Å². The molecule has 0 spiro atoms. The average Bonchev–Trinajstić information content (AvgIpc) is 3.10. The summed E-state index contributed by atoms with van der Waals surface area (Å²) >= 11 is -1.99. The van der Waals surface area contributed by atoms with E-state index in [1.54, 1.807) is 24.3 Å². The van der Waals surface area contributed by atoms with Crippen molar-refractivity contribution < 1.29 is 18.2 Å². The summed E-state index contributed by atoms with van der Waals surface area (Å²) < 4.78 is 32.4. The Morgan fingerprint density at radius 2 is 1.24 bits per heavy atom. The molecule has 180 valence electrons. The van der Waals surface area contributed by atoms with Gasteiger partial charge in [0.2, 0.25) is 0 Å². The number of hydrogen-bond acceptors (Lipinski definition) is 3. The molecule has 1 aliphatic rings. The number of rotatable bonds is 6. The van der Waals surface area contributed by atoms with Gasteiger partial charge in [-0.25, -0.2) is 4.21 Å². The van der Waals surface area contributed by atoms with Crippen LogP contribution in [0, 0.1) is 5.41 Å². The van der Waals surface area contributed by atoms with E-state index in [-0.39, 0.29) is 16.4 Å². The lowest BCUT2D eigenvalue weighted by molar-refractivity contribution is 0.131. The molecular weight excluding hydrogens is 444 g/mol. The van der Waals surface area contributed by atoms with E-state index >= 15 is 0 Å². The Balaban J connectivity index is 1.60. The number of ether oxygens (including phenoxy) is 2. The van der Waals surface area contributed by atoms with E-state index in [2.05, 4.69) is 71.0 Å². The molecule has 0 radical (unpaired) electrons. The zero-order valence-electron chi connectivity index (χ0n) is 20.6. The van der Waals surface area contributed by atoms with Crippen molar-refractivity contribution in [3.8, 4) is 17.2 Å². The molecule has 1 N–H and O–H groups in total. The van der Waals surface area contributed by atoms with Crippen LogP contribution in [-0.2, 0) is 16.5 Å². The van der Waals surface area contributed by atoms with Crippen molar-refractivity contribution in [1.29, 1.82) is 0 Å². The van der Waals surface area contributed by atoms with Crippen LogP contribution in [0.25, 0.3) is 0 Å². The SMILES string of the molecule is CC1(C)CCC(c2ccc(Oc3ccc(S(=O)O)cc3)cc2)(c2ccc(OC(C)(C)C)cc2)C1. The largest absolute Gasteiger partial charge is 0.488 e. The van der Waals surface area contributed by atoms with Crippen molar-refractivity contribution in [2.24, 2.45) is 5.41 Å². The fraction of sp³-hybridized carbons (Fsp3) is 0.379. The van der Waals surface area contributed by atoms with E-state index in [9.17, 15) is 8.76 Å². The summed E-state index contributed by atoms with van der Waals surface area (Å²) in [5.41, 5.74) is 2.61. The van der Waals surface area contributed by atoms with E-state index in [0.717, 1.165) is 24.3 Å². The molecule has 4 nitrogen and oxygen atoms in total. The van der Waals surface area contributed by atoms with Crippen molar-refractivity contribution >= 4 is 11.1 Å². The molecule has 0 saturated heterocycles. The fourth-order valence-corrected chi connectivity index (χ4v) is 5.37. The minimum absolute atomic E-state index is 0.0465. The molecule has 0 bridgehead atoms. The first-order valence-corrected chi connectivity index (χ1v) is 12.9. The number of benzene rings is 3. The molecule has 0 aliphatic heterocycles. The molecule has 3 aromatic rings. The predicted octanol–water partition coefficient (Wildman–Crippen LogP) is 7.73. The third-order valence-electron chi connectivity index (χ3n) is 6.51. The maximum atomic E-state index is 11.2. The fourth-order valence-electron chi connectivity index (χ4n) is 5.00. The van der Waals surface area contributed by atoms with Crippen molar-refractivity contribution in [1.82, 2.24) is 0 Å². The third-order valence-corrected chi connectivity index (χ3v) is 7.18. The van der Waals surface area contributed by atoms with Gasteiger partial charge in [-0.2, -0.15) is 0 Å². The quantitative estimate of drug-likeness (QED) is 0.368. The second-order valence-electron chi connectivity index (χ2n) is 11.0. The molecule has 0 heterocycles. The molecule has 34 heavy (non-hydrogen) atoms. The second kappa shape index (κ2) is 9.20.